The number of alkyl halides is 1. The molecule has 94 valence electrons. The zero-order valence-corrected chi connectivity index (χ0v) is 10.7. The van der Waals surface area contributed by atoms with E-state index in [9.17, 15) is 4.79 Å². The Morgan fingerprint density at radius 3 is 2.94 bits per heavy atom. The molecule has 1 fully saturated rings. The predicted octanol–water partition coefficient (Wildman–Crippen LogP) is 2.06. The predicted molar refractivity (Wildman–Crippen MR) is 64.4 cm³/mol. The van der Waals surface area contributed by atoms with Crippen LogP contribution < -0.4 is 0 Å². The van der Waals surface area contributed by atoms with Crippen LogP contribution in [0.4, 0.5) is 0 Å². The van der Waals surface area contributed by atoms with E-state index in [-0.39, 0.29) is 18.1 Å². The topological polar surface area (TPSA) is 42.7 Å². The van der Waals surface area contributed by atoms with Crippen LogP contribution in [0.5, 0.6) is 0 Å². The first-order chi connectivity index (χ1) is 8.11. The van der Waals surface area contributed by atoms with Crippen molar-refractivity contribution in [2.45, 2.75) is 26.1 Å². The van der Waals surface area contributed by atoms with E-state index in [1.807, 2.05) is 13.8 Å². The molecule has 17 heavy (non-hydrogen) atoms. The molecule has 5 heteroatoms. The summed E-state index contributed by atoms with van der Waals surface area (Å²) < 4.78 is 10.8. The number of furan rings is 1. The van der Waals surface area contributed by atoms with Crippen LogP contribution in [0.25, 0.3) is 0 Å². The lowest BCUT2D eigenvalue weighted by Crippen LogP contribution is -2.49. The van der Waals surface area contributed by atoms with Crippen molar-refractivity contribution in [3.05, 3.63) is 23.7 Å². The van der Waals surface area contributed by atoms with Crippen molar-refractivity contribution in [3.8, 4) is 0 Å². The molecule has 0 radical (unpaired) electrons. The molecule has 0 spiro atoms. The number of morpholine rings is 1. The van der Waals surface area contributed by atoms with Gasteiger partial charge in [-0.3, -0.25) is 4.79 Å². The van der Waals surface area contributed by atoms with E-state index in [4.69, 9.17) is 20.8 Å². The van der Waals surface area contributed by atoms with Crippen molar-refractivity contribution < 1.29 is 13.9 Å². The van der Waals surface area contributed by atoms with Gasteiger partial charge in [0.25, 0.3) is 5.91 Å². The number of hydrogen-bond donors (Lipinski definition) is 0. The van der Waals surface area contributed by atoms with Gasteiger partial charge >= 0.3 is 0 Å². The van der Waals surface area contributed by atoms with E-state index in [2.05, 4.69) is 0 Å². The monoisotopic (exact) mass is 257 g/mol. The van der Waals surface area contributed by atoms with Gasteiger partial charge in [-0.15, -0.1) is 11.6 Å². The van der Waals surface area contributed by atoms with Crippen LogP contribution in [0.3, 0.4) is 0 Å². The minimum atomic E-state index is -0.0976. The molecule has 0 N–H and O–H groups in total. The Labute approximate surface area is 105 Å². The molecule has 2 unspecified atom stereocenters. The summed E-state index contributed by atoms with van der Waals surface area (Å²) in [7, 11) is 0. The third kappa shape index (κ3) is 2.64. The van der Waals surface area contributed by atoms with Gasteiger partial charge in [0.15, 0.2) is 5.76 Å². The maximum absolute atomic E-state index is 12.2. The summed E-state index contributed by atoms with van der Waals surface area (Å²) in [5.74, 6) is 0.718. The maximum atomic E-state index is 12.2. The Kier molecular flexibility index (Phi) is 3.74. The van der Waals surface area contributed by atoms with Crippen molar-refractivity contribution in [2.24, 2.45) is 0 Å². The van der Waals surface area contributed by atoms with Crippen LogP contribution in [0, 0.1) is 6.92 Å². The van der Waals surface area contributed by atoms with Gasteiger partial charge in [0.1, 0.15) is 0 Å². The first-order valence-electron chi connectivity index (χ1n) is 5.66. The third-order valence-electron chi connectivity index (χ3n) is 2.84. The second kappa shape index (κ2) is 5.10. The molecule has 1 aliphatic heterocycles. The SMILES string of the molecule is Cc1ccoc1C(=O)N1CC(C)OC(CCl)C1. The second-order valence-electron chi connectivity index (χ2n) is 4.37. The fraction of sp³-hybridized carbons (Fsp3) is 0.583. The van der Waals surface area contributed by atoms with Gasteiger partial charge in [-0.2, -0.15) is 0 Å². The van der Waals surface area contributed by atoms with E-state index >= 15 is 0 Å². The Hall–Kier alpha value is -1.00. The van der Waals surface area contributed by atoms with Gasteiger partial charge in [0.05, 0.1) is 24.4 Å². The molecule has 2 heterocycles. The molecule has 1 saturated heterocycles. The van der Waals surface area contributed by atoms with E-state index in [0.717, 1.165) is 5.56 Å². The van der Waals surface area contributed by atoms with E-state index in [1.54, 1.807) is 11.0 Å². The lowest BCUT2D eigenvalue weighted by atomic mass is 10.2. The summed E-state index contributed by atoms with van der Waals surface area (Å²) in [6.45, 7) is 4.90. The van der Waals surface area contributed by atoms with Crippen molar-refractivity contribution in [3.63, 3.8) is 0 Å². The summed E-state index contributed by atoms with van der Waals surface area (Å²) in [6.07, 6.45) is 1.44. The van der Waals surface area contributed by atoms with Crippen molar-refractivity contribution >= 4 is 17.5 Å². The van der Waals surface area contributed by atoms with Crippen LogP contribution >= 0.6 is 11.6 Å². The lowest BCUT2D eigenvalue weighted by molar-refractivity contribution is -0.0576. The number of nitrogens with zero attached hydrogens (tertiary/aromatic N) is 1. The molecule has 0 aromatic carbocycles. The Bertz CT molecular complexity index is 404. The quantitative estimate of drug-likeness (QED) is 0.762. The van der Waals surface area contributed by atoms with Crippen molar-refractivity contribution in [1.29, 1.82) is 0 Å². The molecule has 0 saturated carbocycles. The Balaban J connectivity index is 2.11. The highest BCUT2D eigenvalue weighted by Gasteiger charge is 2.30. The second-order valence-corrected chi connectivity index (χ2v) is 4.67. The standard InChI is InChI=1S/C12H16ClNO3/c1-8-3-4-16-11(8)12(15)14-6-9(2)17-10(5-13)7-14/h3-4,9-10H,5-7H2,1-2H3. The highest BCUT2D eigenvalue weighted by atomic mass is 35.5. The van der Waals surface area contributed by atoms with Crippen molar-refractivity contribution in [1.82, 2.24) is 4.90 Å². The highest BCUT2D eigenvalue weighted by Crippen LogP contribution is 2.17. The van der Waals surface area contributed by atoms with Gasteiger partial charge in [-0.05, 0) is 19.9 Å². The van der Waals surface area contributed by atoms with Crippen LogP contribution in [0.15, 0.2) is 16.7 Å². The smallest absolute Gasteiger partial charge is 0.290 e. The fourth-order valence-corrected chi connectivity index (χ4v) is 2.20. The molecule has 0 bridgehead atoms. The molecule has 1 aromatic heterocycles. The molecule has 2 rings (SSSR count). The molecular weight excluding hydrogens is 242 g/mol. The summed E-state index contributed by atoms with van der Waals surface area (Å²) in [5.41, 5.74) is 0.858. The zero-order chi connectivity index (χ0) is 12.4. The summed E-state index contributed by atoms with van der Waals surface area (Å²) >= 11 is 5.79. The summed E-state index contributed by atoms with van der Waals surface area (Å²) in [5, 5.41) is 0. The maximum Gasteiger partial charge on any atom is 0.290 e. The molecule has 1 aliphatic rings. The van der Waals surface area contributed by atoms with Crippen LogP contribution in [0.2, 0.25) is 0 Å². The minimum Gasteiger partial charge on any atom is -0.459 e. The third-order valence-corrected chi connectivity index (χ3v) is 3.19. The van der Waals surface area contributed by atoms with Crippen molar-refractivity contribution in [2.75, 3.05) is 19.0 Å². The van der Waals surface area contributed by atoms with Gasteiger partial charge in [0, 0.05) is 18.7 Å². The van der Waals surface area contributed by atoms with Gasteiger partial charge in [0.2, 0.25) is 0 Å². The number of rotatable bonds is 2. The summed E-state index contributed by atoms with van der Waals surface area (Å²) in [4.78, 5) is 14.0. The van der Waals surface area contributed by atoms with E-state index in [0.29, 0.717) is 24.7 Å². The van der Waals surface area contributed by atoms with Crippen LogP contribution in [-0.2, 0) is 4.74 Å². The summed E-state index contributed by atoms with van der Waals surface area (Å²) in [6, 6.07) is 1.79. The van der Waals surface area contributed by atoms with Gasteiger partial charge in [-0.1, -0.05) is 0 Å². The molecule has 4 nitrogen and oxygen atoms in total. The number of aryl methyl sites for hydroxylation is 1. The molecule has 1 amide bonds. The largest absolute Gasteiger partial charge is 0.459 e. The molecular formula is C12H16ClNO3. The fourth-order valence-electron chi connectivity index (χ4n) is 2.03. The highest BCUT2D eigenvalue weighted by molar-refractivity contribution is 6.18. The Morgan fingerprint density at radius 2 is 2.35 bits per heavy atom. The number of ether oxygens (including phenoxy) is 1. The molecule has 1 aromatic rings. The first kappa shape index (κ1) is 12.5. The van der Waals surface area contributed by atoms with Gasteiger partial charge < -0.3 is 14.1 Å². The average molecular weight is 258 g/mol. The normalized spacial score (nSPS) is 25.0. The number of halogens is 1. The number of hydrogen-bond acceptors (Lipinski definition) is 3. The minimum absolute atomic E-state index is 0.00622. The Morgan fingerprint density at radius 1 is 1.59 bits per heavy atom. The number of carbonyl (C=O) groups is 1. The zero-order valence-electron chi connectivity index (χ0n) is 9.98. The first-order valence-corrected chi connectivity index (χ1v) is 6.20. The van der Waals surface area contributed by atoms with Crippen LogP contribution in [-0.4, -0.2) is 42.0 Å². The lowest BCUT2D eigenvalue weighted by Gasteiger charge is -2.35. The average Bonchev–Trinajstić information content (AvgIpc) is 2.73. The van der Waals surface area contributed by atoms with Crippen LogP contribution in [0.1, 0.15) is 23.0 Å². The van der Waals surface area contributed by atoms with E-state index in [1.165, 1.54) is 6.26 Å². The number of amides is 1. The van der Waals surface area contributed by atoms with Gasteiger partial charge in [-0.25, -0.2) is 0 Å². The molecule has 2 atom stereocenters. The van der Waals surface area contributed by atoms with E-state index < -0.39 is 0 Å². The number of carbonyl (C=O) groups excluding carboxylic acids is 1. The molecule has 0 aliphatic carbocycles.